The summed E-state index contributed by atoms with van der Waals surface area (Å²) in [5.74, 6) is -3.19. The van der Waals surface area contributed by atoms with E-state index in [2.05, 4.69) is 25.9 Å². The van der Waals surface area contributed by atoms with Crippen molar-refractivity contribution < 1.29 is 29.0 Å². The first-order valence-electron chi connectivity index (χ1n) is 6.74. The molecule has 0 spiro atoms. The SMILES string of the molecule is CC(=O)OC1C(=O)NC(=NNc2ccc([N+](=O)[O-])cc2[N+](=O)[O-])NC1=O. The van der Waals surface area contributed by atoms with Crippen LogP contribution in [0.2, 0.25) is 0 Å². The number of hydrazone groups is 1. The third-order valence-electron chi connectivity index (χ3n) is 2.92. The van der Waals surface area contributed by atoms with Crippen LogP contribution >= 0.6 is 0 Å². The molecule has 2 amide bonds. The Bertz CT molecular complexity index is 830. The number of rotatable bonds is 5. The van der Waals surface area contributed by atoms with Gasteiger partial charge in [0.25, 0.3) is 23.6 Å². The fourth-order valence-corrected chi connectivity index (χ4v) is 1.84. The van der Waals surface area contributed by atoms with Gasteiger partial charge in [0, 0.05) is 13.0 Å². The summed E-state index contributed by atoms with van der Waals surface area (Å²) in [5.41, 5.74) is 0.845. The maximum Gasteiger partial charge on any atom is 0.303 e. The fourth-order valence-electron chi connectivity index (χ4n) is 1.84. The number of non-ortho nitro benzene ring substituents is 1. The second kappa shape index (κ2) is 7.20. The molecule has 1 aliphatic heterocycles. The predicted octanol–water partition coefficient (Wildman–Crippen LogP) is -0.636. The average Bonchev–Trinajstić information content (AvgIpc) is 2.55. The Hall–Kier alpha value is -4.10. The van der Waals surface area contributed by atoms with Crippen LogP contribution < -0.4 is 16.1 Å². The van der Waals surface area contributed by atoms with E-state index in [9.17, 15) is 34.6 Å². The molecule has 0 aromatic heterocycles. The summed E-state index contributed by atoms with van der Waals surface area (Å²) in [4.78, 5) is 54.3. The molecule has 1 heterocycles. The van der Waals surface area contributed by atoms with Gasteiger partial charge in [0.1, 0.15) is 5.69 Å². The van der Waals surface area contributed by atoms with Gasteiger partial charge in [-0.05, 0) is 6.07 Å². The van der Waals surface area contributed by atoms with Gasteiger partial charge in [-0.15, -0.1) is 5.10 Å². The van der Waals surface area contributed by atoms with Crippen LogP contribution in [0.5, 0.6) is 0 Å². The summed E-state index contributed by atoms with van der Waals surface area (Å²) < 4.78 is 4.52. The third-order valence-corrected chi connectivity index (χ3v) is 2.92. The zero-order valence-electron chi connectivity index (χ0n) is 12.9. The van der Waals surface area contributed by atoms with E-state index in [1.807, 2.05) is 0 Å². The molecular weight excluding hydrogens is 356 g/mol. The molecule has 0 aliphatic carbocycles. The lowest BCUT2D eigenvalue weighted by molar-refractivity contribution is -0.393. The molecule has 1 aromatic rings. The zero-order chi connectivity index (χ0) is 19.4. The average molecular weight is 366 g/mol. The third kappa shape index (κ3) is 4.05. The molecule has 1 aromatic carbocycles. The Balaban J connectivity index is 2.19. The van der Waals surface area contributed by atoms with Crippen molar-refractivity contribution in [3.8, 4) is 0 Å². The number of esters is 1. The Labute approximate surface area is 143 Å². The quantitative estimate of drug-likeness (QED) is 0.263. The number of guanidine groups is 1. The predicted molar refractivity (Wildman–Crippen MR) is 82.6 cm³/mol. The number of hydrogen-bond donors (Lipinski definition) is 3. The molecule has 14 nitrogen and oxygen atoms in total. The van der Waals surface area contributed by atoms with Crippen LogP contribution in [0.15, 0.2) is 23.3 Å². The maximum atomic E-state index is 11.7. The lowest BCUT2D eigenvalue weighted by Gasteiger charge is -2.22. The van der Waals surface area contributed by atoms with E-state index in [4.69, 9.17) is 0 Å². The minimum Gasteiger partial charge on any atom is -0.442 e. The summed E-state index contributed by atoms with van der Waals surface area (Å²) in [6.45, 7) is 1.01. The Morgan fingerprint density at radius 2 is 1.81 bits per heavy atom. The summed E-state index contributed by atoms with van der Waals surface area (Å²) in [6.07, 6.45) is -1.69. The van der Waals surface area contributed by atoms with Crippen LogP contribution in [0, 0.1) is 20.2 Å². The van der Waals surface area contributed by atoms with Crippen molar-refractivity contribution in [2.24, 2.45) is 5.10 Å². The van der Waals surface area contributed by atoms with Gasteiger partial charge in [-0.1, -0.05) is 0 Å². The van der Waals surface area contributed by atoms with Crippen LogP contribution in [0.4, 0.5) is 17.1 Å². The standard InChI is InChI=1S/C12H10N6O8/c1-5(19)26-9-10(20)13-12(14-11(9)21)16-15-7-3-2-6(17(22)23)4-8(7)18(24)25/h2-4,9,15H,1H3,(H2,13,14,16,20,21). The maximum absolute atomic E-state index is 11.7. The molecule has 3 N–H and O–H groups in total. The second-order valence-electron chi connectivity index (χ2n) is 4.76. The van der Waals surface area contributed by atoms with Crippen molar-refractivity contribution >= 4 is 40.8 Å². The highest BCUT2D eigenvalue weighted by Gasteiger charge is 2.36. The van der Waals surface area contributed by atoms with E-state index in [-0.39, 0.29) is 5.69 Å². The normalized spacial score (nSPS) is 16.2. The van der Waals surface area contributed by atoms with E-state index in [0.29, 0.717) is 0 Å². The van der Waals surface area contributed by atoms with Gasteiger partial charge in [0.2, 0.25) is 5.96 Å². The highest BCUT2D eigenvalue weighted by molar-refractivity contribution is 6.20. The minimum atomic E-state index is -1.69. The van der Waals surface area contributed by atoms with Crippen molar-refractivity contribution in [1.82, 2.24) is 10.6 Å². The van der Waals surface area contributed by atoms with Gasteiger partial charge in [-0.3, -0.25) is 50.7 Å². The van der Waals surface area contributed by atoms with Crippen molar-refractivity contribution in [2.45, 2.75) is 13.0 Å². The molecule has 136 valence electrons. The molecule has 0 bridgehead atoms. The van der Waals surface area contributed by atoms with Gasteiger partial charge in [-0.25, -0.2) is 0 Å². The smallest absolute Gasteiger partial charge is 0.303 e. The molecule has 14 heteroatoms. The first-order chi connectivity index (χ1) is 12.2. The number of ether oxygens (including phenoxy) is 1. The van der Waals surface area contributed by atoms with Gasteiger partial charge in [0.05, 0.1) is 15.9 Å². The van der Waals surface area contributed by atoms with Crippen molar-refractivity contribution in [2.75, 3.05) is 5.43 Å². The van der Waals surface area contributed by atoms with E-state index in [1.54, 1.807) is 0 Å². The first-order valence-corrected chi connectivity index (χ1v) is 6.74. The van der Waals surface area contributed by atoms with Gasteiger partial charge in [0.15, 0.2) is 0 Å². The summed E-state index contributed by atoms with van der Waals surface area (Å²) in [6, 6.07) is 2.76. The number of amides is 2. The van der Waals surface area contributed by atoms with Crippen LogP contribution in [0.25, 0.3) is 0 Å². The Morgan fingerprint density at radius 1 is 1.19 bits per heavy atom. The van der Waals surface area contributed by atoms with Gasteiger partial charge >= 0.3 is 11.7 Å². The first kappa shape index (κ1) is 18.2. The highest BCUT2D eigenvalue weighted by atomic mass is 16.6. The number of benzene rings is 1. The number of anilines is 1. The Kier molecular flexibility index (Phi) is 5.05. The van der Waals surface area contributed by atoms with E-state index >= 15 is 0 Å². The largest absolute Gasteiger partial charge is 0.442 e. The number of nitrogens with one attached hydrogen (secondary N) is 3. The molecule has 0 saturated carbocycles. The van der Waals surface area contributed by atoms with Crippen LogP contribution in [-0.4, -0.2) is 39.7 Å². The van der Waals surface area contributed by atoms with Gasteiger partial charge in [-0.2, -0.15) is 0 Å². The molecule has 1 aliphatic rings. The number of nitro groups is 2. The molecule has 0 radical (unpaired) electrons. The van der Waals surface area contributed by atoms with Crippen molar-refractivity contribution in [1.29, 1.82) is 0 Å². The van der Waals surface area contributed by atoms with Crippen LogP contribution in [0.3, 0.4) is 0 Å². The highest BCUT2D eigenvalue weighted by Crippen LogP contribution is 2.28. The molecule has 0 atom stereocenters. The zero-order valence-corrected chi connectivity index (χ0v) is 12.9. The van der Waals surface area contributed by atoms with E-state index in [0.717, 1.165) is 25.1 Å². The lowest BCUT2D eigenvalue weighted by Crippen LogP contribution is -2.60. The second-order valence-corrected chi connectivity index (χ2v) is 4.76. The number of nitro benzene ring substituents is 2. The molecular formula is C12H10N6O8. The molecule has 0 unspecified atom stereocenters. The summed E-state index contributed by atoms with van der Waals surface area (Å²) >= 11 is 0. The number of carbonyl (C=O) groups excluding carboxylic acids is 3. The van der Waals surface area contributed by atoms with Crippen LogP contribution in [0.1, 0.15) is 6.92 Å². The molecule has 1 saturated heterocycles. The number of hydrogen-bond acceptors (Lipinski definition) is 10. The lowest BCUT2D eigenvalue weighted by atomic mass is 10.2. The van der Waals surface area contributed by atoms with E-state index < -0.39 is 51.1 Å². The topological polar surface area (TPSA) is 195 Å². The minimum absolute atomic E-state index is 0.223. The fraction of sp³-hybridized carbons (Fsp3) is 0.167. The molecule has 2 rings (SSSR count). The molecule has 1 fully saturated rings. The Morgan fingerprint density at radius 3 is 2.31 bits per heavy atom. The number of carbonyl (C=O) groups is 3. The number of nitrogens with zero attached hydrogens (tertiary/aromatic N) is 3. The van der Waals surface area contributed by atoms with E-state index in [1.165, 1.54) is 0 Å². The van der Waals surface area contributed by atoms with Gasteiger partial charge < -0.3 is 4.74 Å². The van der Waals surface area contributed by atoms with Crippen molar-refractivity contribution in [3.63, 3.8) is 0 Å². The summed E-state index contributed by atoms with van der Waals surface area (Å²) in [7, 11) is 0. The monoisotopic (exact) mass is 366 g/mol. The van der Waals surface area contributed by atoms with Crippen LogP contribution in [-0.2, 0) is 19.1 Å². The summed E-state index contributed by atoms with van der Waals surface area (Å²) in [5, 5.41) is 29.5. The molecule has 26 heavy (non-hydrogen) atoms. The van der Waals surface area contributed by atoms with Crippen molar-refractivity contribution in [3.05, 3.63) is 38.4 Å².